The van der Waals surface area contributed by atoms with Crippen molar-refractivity contribution in [3.8, 4) is 0 Å². The Morgan fingerprint density at radius 1 is 1.12 bits per heavy atom. The zero-order valence-corrected chi connectivity index (χ0v) is 13.6. The Hall–Kier alpha value is -2.44. The first-order valence-electron chi connectivity index (χ1n) is 7.54. The molecule has 3 N–H and O–H groups in total. The standard InChI is InChI=1S/C18H17FN2O2S/c19-13-7-5-12(6-8-13)9-20-18(23)21-10-16(22)15-11-24-17-4-2-1-3-14(15)17/h1-8,11,16,22H,9-10H2,(H2,20,21,23). The minimum Gasteiger partial charge on any atom is -0.387 e. The quantitative estimate of drug-likeness (QED) is 0.663. The summed E-state index contributed by atoms with van der Waals surface area (Å²) in [6.07, 6.45) is -0.766. The molecule has 0 radical (unpaired) electrons. The summed E-state index contributed by atoms with van der Waals surface area (Å²) in [6, 6.07) is 13.4. The van der Waals surface area contributed by atoms with Crippen molar-refractivity contribution in [1.29, 1.82) is 0 Å². The Kier molecular flexibility index (Phi) is 5.08. The summed E-state index contributed by atoms with van der Waals surface area (Å²) in [5.74, 6) is -0.311. The molecule has 0 spiro atoms. The molecule has 0 aliphatic rings. The van der Waals surface area contributed by atoms with Crippen LogP contribution >= 0.6 is 11.3 Å². The molecule has 24 heavy (non-hydrogen) atoms. The van der Waals surface area contributed by atoms with Crippen molar-refractivity contribution in [2.24, 2.45) is 0 Å². The number of carbonyl (C=O) groups is 1. The zero-order chi connectivity index (χ0) is 16.9. The summed E-state index contributed by atoms with van der Waals surface area (Å²) >= 11 is 1.57. The number of carbonyl (C=O) groups excluding carboxylic acids is 1. The number of benzene rings is 2. The predicted octanol–water partition coefficient (Wildman–Crippen LogP) is 3.57. The number of aliphatic hydroxyl groups is 1. The number of hydrogen-bond donors (Lipinski definition) is 3. The van der Waals surface area contributed by atoms with E-state index in [1.165, 1.54) is 12.1 Å². The Balaban J connectivity index is 1.51. The lowest BCUT2D eigenvalue weighted by atomic mass is 10.1. The van der Waals surface area contributed by atoms with Crippen molar-refractivity contribution in [2.45, 2.75) is 12.6 Å². The summed E-state index contributed by atoms with van der Waals surface area (Å²) in [4.78, 5) is 11.8. The minimum atomic E-state index is -0.766. The second-order valence-electron chi connectivity index (χ2n) is 5.39. The van der Waals surface area contributed by atoms with Gasteiger partial charge in [-0.1, -0.05) is 30.3 Å². The summed E-state index contributed by atoms with van der Waals surface area (Å²) < 4.78 is 13.9. The van der Waals surface area contributed by atoms with Gasteiger partial charge in [0.25, 0.3) is 0 Å². The highest BCUT2D eigenvalue weighted by atomic mass is 32.1. The molecule has 1 heterocycles. The number of thiophene rings is 1. The van der Waals surface area contributed by atoms with E-state index in [1.54, 1.807) is 23.5 Å². The average Bonchev–Trinajstić information content (AvgIpc) is 3.03. The van der Waals surface area contributed by atoms with Crippen molar-refractivity contribution in [1.82, 2.24) is 10.6 Å². The summed E-state index contributed by atoms with van der Waals surface area (Å²) in [5.41, 5.74) is 1.62. The van der Waals surface area contributed by atoms with E-state index >= 15 is 0 Å². The highest BCUT2D eigenvalue weighted by Crippen LogP contribution is 2.29. The van der Waals surface area contributed by atoms with Crippen LogP contribution in [-0.4, -0.2) is 17.7 Å². The molecule has 124 valence electrons. The molecule has 6 heteroatoms. The maximum Gasteiger partial charge on any atom is 0.315 e. The van der Waals surface area contributed by atoms with Gasteiger partial charge in [-0.3, -0.25) is 0 Å². The summed E-state index contributed by atoms with van der Waals surface area (Å²) in [6.45, 7) is 0.416. The van der Waals surface area contributed by atoms with E-state index in [1.807, 2.05) is 29.6 Å². The number of fused-ring (bicyclic) bond motifs is 1. The van der Waals surface area contributed by atoms with Crippen LogP contribution in [0.1, 0.15) is 17.2 Å². The van der Waals surface area contributed by atoms with Crippen LogP contribution in [0.25, 0.3) is 10.1 Å². The van der Waals surface area contributed by atoms with E-state index in [0.717, 1.165) is 21.2 Å². The van der Waals surface area contributed by atoms with Gasteiger partial charge in [-0.05, 0) is 34.5 Å². The second kappa shape index (κ2) is 7.42. The van der Waals surface area contributed by atoms with Gasteiger partial charge in [-0.2, -0.15) is 0 Å². The molecule has 1 unspecified atom stereocenters. The molecule has 0 aliphatic heterocycles. The lowest BCUT2D eigenvalue weighted by Crippen LogP contribution is -2.37. The molecule has 1 aromatic heterocycles. The normalized spacial score (nSPS) is 12.1. The molecule has 4 nitrogen and oxygen atoms in total. The number of urea groups is 1. The fourth-order valence-corrected chi connectivity index (χ4v) is 3.41. The number of rotatable bonds is 5. The van der Waals surface area contributed by atoms with E-state index in [4.69, 9.17) is 0 Å². The van der Waals surface area contributed by atoms with E-state index in [0.29, 0.717) is 6.54 Å². The van der Waals surface area contributed by atoms with Crippen LogP contribution in [-0.2, 0) is 6.54 Å². The lowest BCUT2D eigenvalue weighted by Gasteiger charge is -2.12. The van der Waals surface area contributed by atoms with Gasteiger partial charge in [0.05, 0.1) is 6.10 Å². The largest absolute Gasteiger partial charge is 0.387 e. The molecule has 0 fully saturated rings. The van der Waals surface area contributed by atoms with Crippen LogP contribution in [0.5, 0.6) is 0 Å². The molecular weight excluding hydrogens is 327 g/mol. The first-order valence-corrected chi connectivity index (χ1v) is 8.42. The third-order valence-electron chi connectivity index (χ3n) is 3.69. The number of amides is 2. The van der Waals surface area contributed by atoms with Gasteiger partial charge in [-0.15, -0.1) is 11.3 Å². The number of halogens is 1. The van der Waals surface area contributed by atoms with Crippen molar-refractivity contribution in [3.05, 3.63) is 70.9 Å². The molecule has 0 saturated carbocycles. The molecule has 2 amide bonds. The first kappa shape index (κ1) is 16.4. The SMILES string of the molecule is O=C(NCc1ccc(F)cc1)NCC(O)c1csc2ccccc12. The summed E-state index contributed by atoms with van der Waals surface area (Å²) in [7, 11) is 0. The van der Waals surface area contributed by atoms with Crippen molar-refractivity contribution in [2.75, 3.05) is 6.54 Å². The van der Waals surface area contributed by atoms with Crippen LogP contribution in [0.4, 0.5) is 9.18 Å². The van der Waals surface area contributed by atoms with E-state index in [2.05, 4.69) is 10.6 Å². The van der Waals surface area contributed by atoms with Crippen molar-refractivity contribution < 1.29 is 14.3 Å². The molecule has 2 aromatic carbocycles. The third-order valence-corrected chi connectivity index (χ3v) is 4.67. The van der Waals surface area contributed by atoms with Gasteiger partial charge in [0.1, 0.15) is 5.82 Å². The van der Waals surface area contributed by atoms with Crippen LogP contribution < -0.4 is 10.6 Å². The van der Waals surface area contributed by atoms with Crippen LogP contribution in [0.15, 0.2) is 53.9 Å². The van der Waals surface area contributed by atoms with Crippen molar-refractivity contribution >= 4 is 27.5 Å². The molecule has 3 aromatic rings. The Labute approximate surface area is 142 Å². The van der Waals surface area contributed by atoms with E-state index in [-0.39, 0.29) is 18.4 Å². The molecule has 0 saturated heterocycles. The number of nitrogens with one attached hydrogen (secondary N) is 2. The number of hydrogen-bond acceptors (Lipinski definition) is 3. The van der Waals surface area contributed by atoms with Gasteiger partial charge in [0.2, 0.25) is 0 Å². The van der Waals surface area contributed by atoms with Gasteiger partial charge < -0.3 is 15.7 Å². The Morgan fingerprint density at radius 2 is 1.88 bits per heavy atom. The monoisotopic (exact) mass is 344 g/mol. The minimum absolute atomic E-state index is 0.121. The topological polar surface area (TPSA) is 61.4 Å². The molecule has 0 bridgehead atoms. The van der Waals surface area contributed by atoms with E-state index < -0.39 is 6.10 Å². The predicted molar refractivity (Wildman–Crippen MR) is 93.4 cm³/mol. The second-order valence-corrected chi connectivity index (χ2v) is 6.30. The summed E-state index contributed by atoms with van der Waals surface area (Å²) in [5, 5.41) is 18.5. The maximum atomic E-state index is 12.8. The Bertz CT molecular complexity index is 832. The third kappa shape index (κ3) is 3.90. The fraction of sp³-hybridized carbons (Fsp3) is 0.167. The fourth-order valence-electron chi connectivity index (χ4n) is 2.40. The van der Waals surface area contributed by atoms with E-state index in [9.17, 15) is 14.3 Å². The highest BCUT2D eigenvalue weighted by molar-refractivity contribution is 7.17. The Morgan fingerprint density at radius 3 is 2.67 bits per heavy atom. The van der Waals surface area contributed by atoms with Gasteiger partial charge >= 0.3 is 6.03 Å². The molecule has 1 atom stereocenters. The van der Waals surface area contributed by atoms with Gasteiger partial charge in [-0.25, -0.2) is 9.18 Å². The number of aliphatic hydroxyl groups excluding tert-OH is 1. The lowest BCUT2D eigenvalue weighted by molar-refractivity contribution is 0.174. The van der Waals surface area contributed by atoms with Crippen LogP contribution in [0, 0.1) is 5.82 Å². The molecular formula is C18H17FN2O2S. The van der Waals surface area contributed by atoms with Crippen molar-refractivity contribution in [3.63, 3.8) is 0 Å². The van der Waals surface area contributed by atoms with Gasteiger partial charge in [0.15, 0.2) is 0 Å². The van der Waals surface area contributed by atoms with Crippen LogP contribution in [0.2, 0.25) is 0 Å². The first-order chi connectivity index (χ1) is 11.6. The molecule has 0 aliphatic carbocycles. The smallest absolute Gasteiger partial charge is 0.315 e. The average molecular weight is 344 g/mol. The van der Waals surface area contributed by atoms with Crippen LogP contribution in [0.3, 0.4) is 0 Å². The zero-order valence-electron chi connectivity index (χ0n) is 12.8. The van der Waals surface area contributed by atoms with Gasteiger partial charge in [0, 0.05) is 23.4 Å². The highest BCUT2D eigenvalue weighted by Gasteiger charge is 2.14. The molecule has 3 rings (SSSR count). The maximum absolute atomic E-state index is 12.8.